The minimum absolute atomic E-state index is 0.0330. The number of esters is 1. The maximum absolute atomic E-state index is 13.4. The largest absolute Gasteiger partial charge is 0.468 e. The Morgan fingerprint density at radius 1 is 1.12 bits per heavy atom. The van der Waals surface area contributed by atoms with Crippen molar-refractivity contribution in [3.8, 4) is 0 Å². The van der Waals surface area contributed by atoms with Gasteiger partial charge in [-0.05, 0) is 46.6 Å². The van der Waals surface area contributed by atoms with Gasteiger partial charge in [0.2, 0.25) is 0 Å². The number of rotatable bonds is 4. The van der Waals surface area contributed by atoms with Crippen molar-refractivity contribution < 1.29 is 19.1 Å². The number of carbonyl (C=O) groups excluding carboxylic acids is 2. The Morgan fingerprint density at radius 2 is 1.88 bits per heavy atom. The van der Waals surface area contributed by atoms with E-state index in [1.54, 1.807) is 4.90 Å². The molecule has 0 radical (unpaired) electrons. The fraction of sp³-hybridized carbons (Fsp3) is 0.280. The molecule has 3 atom stereocenters. The highest BCUT2D eigenvalue weighted by Gasteiger charge is 2.59. The molecule has 1 fully saturated rings. The molecule has 6 nitrogen and oxygen atoms in total. The molecule has 1 amide bonds. The number of methoxy groups -OCH3 is 1. The molecule has 164 valence electrons. The lowest BCUT2D eigenvalue weighted by Crippen LogP contribution is -2.64. The third-order valence-electron chi connectivity index (χ3n) is 6.50. The number of halogens is 1. The summed E-state index contributed by atoms with van der Waals surface area (Å²) in [5.41, 5.74) is 1.65. The standard InChI is InChI=1S/C25H23IN2O4/c1-31-23(29)25(22-21(26)18-9-5-6-10-19(18)27-22)13-17-11-12-20(25)28(14-17)24(30)32-15-16-7-3-2-4-8-16/h2-12,17,20,27H,13-15H2,1H3/t17-,20+,25+/m0/s1. The van der Waals surface area contributed by atoms with Crippen LogP contribution in [0.2, 0.25) is 0 Å². The van der Waals surface area contributed by atoms with E-state index in [4.69, 9.17) is 9.47 Å². The molecular formula is C25H23IN2O4. The van der Waals surface area contributed by atoms with E-state index in [9.17, 15) is 9.59 Å². The summed E-state index contributed by atoms with van der Waals surface area (Å²) in [6, 6.07) is 17.1. The number of carbonyl (C=O) groups is 2. The molecule has 32 heavy (non-hydrogen) atoms. The van der Waals surface area contributed by atoms with Gasteiger partial charge in [0.15, 0.2) is 0 Å². The van der Waals surface area contributed by atoms with Crippen LogP contribution in [0.4, 0.5) is 4.79 Å². The first-order chi connectivity index (χ1) is 15.5. The molecule has 2 bridgehead atoms. The van der Waals surface area contributed by atoms with E-state index in [0.29, 0.717) is 13.0 Å². The van der Waals surface area contributed by atoms with Gasteiger partial charge in [0.05, 0.1) is 13.2 Å². The van der Waals surface area contributed by atoms with Gasteiger partial charge in [-0.3, -0.25) is 9.69 Å². The number of H-pyrrole nitrogens is 1. The van der Waals surface area contributed by atoms with E-state index in [2.05, 4.69) is 33.7 Å². The van der Waals surface area contributed by atoms with Crippen molar-refractivity contribution in [2.75, 3.05) is 13.7 Å². The van der Waals surface area contributed by atoms with Crippen LogP contribution in [0.3, 0.4) is 0 Å². The third-order valence-corrected chi connectivity index (χ3v) is 7.62. The molecule has 3 aliphatic rings. The van der Waals surface area contributed by atoms with Crippen LogP contribution < -0.4 is 0 Å². The minimum Gasteiger partial charge on any atom is -0.468 e. The molecule has 3 aromatic rings. The number of nitrogens with zero attached hydrogens (tertiary/aromatic N) is 1. The first-order valence-electron chi connectivity index (χ1n) is 10.6. The Kier molecular flexibility index (Phi) is 5.44. The summed E-state index contributed by atoms with van der Waals surface area (Å²) in [6.45, 7) is 0.705. The predicted octanol–water partition coefficient (Wildman–Crippen LogP) is 4.78. The van der Waals surface area contributed by atoms with E-state index in [0.717, 1.165) is 25.7 Å². The second kappa shape index (κ2) is 8.27. The Hall–Kier alpha value is -2.81. The van der Waals surface area contributed by atoms with Crippen molar-refractivity contribution in [2.24, 2.45) is 5.92 Å². The molecule has 7 heteroatoms. The van der Waals surface area contributed by atoms with Crippen LogP contribution in [0.25, 0.3) is 10.9 Å². The van der Waals surface area contributed by atoms with E-state index in [-0.39, 0.29) is 18.5 Å². The second-order valence-corrected chi connectivity index (χ2v) is 9.39. The number of nitrogens with one attached hydrogen (secondary N) is 1. The maximum Gasteiger partial charge on any atom is 0.410 e. The predicted molar refractivity (Wildman–Crippen MR) is 129 cm³/mol. The van der Waals surface area contributed by atoms with Gasteiger partial charge in [-0.25, -0.2) is 4.79 Å². The van der Waals surface area contributed by atoms with Gasteiger partial charge in [-0.1, -0.05) is 60.7 Å². The highest BCUT2D eigenvalue weighted by Crippen LogP contribution is 2.48. The van der Waals surface area contributed by atoms with Crippen LogP contribution >= 0.6 is 22.6 Å². The monoisotopic (exact) mass is 542 g/mol. The number of piperidine rings is 1. The molecule has 1 N–H and O–H groups in total. The van der Waals surface area contributed by atoms with Crippen LogP contribution in [-0.4, -0.2) is 41.6 Å². The number of amides is 1. The van der Waals surface area contributed by atoms with Crippen LogP contribution in [0, 0.1) is 9.49 Å². The summed E-state index contributed by atoms with van der Waals surface area (Å²) >= 11 is 2.29. The van der Waals surface area contributed by atoms with Gasteiger partial charge in [0.1, 0.15) is 12.0 Å². The van der Waals surface area contributed by atoms with E-state index in [1.807, 2.05) is 60.7 Å². The van der Waals surface area contributed by atoms with Crippen LogP contribution in [0.5, 0.6) is 0 Å². The Bertz CT molecular complexity index is 1210. The quantitative estimate of drug-likeness (QED) is 0.293. The summed E-state index contributed by atoms with van der Waals surface area (Å²) in [7, 11) is 1.41. The Balaban J connectivity index is 1.53. The van der Waals surface area contributed by atoms with Crippen molar-refractivity contribution in [1.82, 2.24) is 9.88 Å². The topological polar surface area (TPSA) is 71.6 Å². The van der Waals surface area contributed by atoms with Gasteiger partial charge in [-0.15, -0.1) is 0 Å². The van der Waals surface area contributed by atoms with Crippen molar-refractivity contribution in [1.29, 1.82) is 0 Å². The lowest BCUT2D eigenvalue weighted by atomic mass is 9.64. The molecule has 1 aliphatic carbocycles. The molecule has 0 unspecified atom stereocenters. The fourth-order valence-electron chi connectivity index (χ4n) is 5.03. The average Bonchev–Trinajstić information content (AvgIpc) is 3.19. The van der Waals surface area contributed by atoms with Gasteiger partial charge in [0.25, 0.3) is 0 Å². The molecule has 0 saturated carbocycles. The zero-order valence-electron chi connectivity index (χ0n) is 17.6. The van der Waals surface area contributed by atoms with Gasteiger partial charge in [0, 0.05) is 26.7 Å². The molecule has 3 heterocycles. The molecular weight excluding hydrogens is 519 g/mol. The SMILES string of the molecule is COC(=O)[C@]1(c2[nH]c3ccccc3c2I)C[C@@H]2C=C[C@H]1N(C(=O)OCc1ccccc1)C2. The number of hydrogen-bond donors (Lipinski definition) is 1. The highest BCUT2D eigenvalue weighted by atomic mass is 127. The normalized spacial score (nSPS) is 24.0. The van der Waals surface area contributed by atoms with Crippen LogP contribution in [0.15, 0.2) is 66.7 Å². The number of benzene rings is 2. The van der Waals surface area contributed by atoms with E-state index >= 15 is 0 Å². The van der Waals surface area contributed by atoms with E-state index in [1.165, 1.54) is 7.11 Å². The molecule has 0 spiro atoms. The summed E-state index contributed by atoms with van der Waals surface area (Å²) in [6.07, 6.45) is 4.21. The fourth-order valence-corrected chi connectivity index (χ4v) is 6.12. The van der Waals surface area contributed by atoms with Gasteiger partial charge in [-0.2, -0.15) is 0 Å². The zero-order valence-corrected chi connectivity index (χ0v) is 19.7. The third kappa shape index (κ3) is 3.30. The number of hydrogen-bond acceptors (Lipinski definition) is 4. The van der Waals surface area contributed by atoms with Crippen molar-refractivity contribution in [3.63, 3.8) is 0 Å². The highest BCUT2D eigenvalue weighted by molar-refractivity contribution is 14.1. The minimum atomic E-state index is -1.02. The summed E-state index contributed by atoms with van der Waals surface area (Å²) in [5.74, 6) is -0.313. The first-order valence-corrected chi connectivity index (χ1v) is 11.6. The Labute approximate surface area is 199 Å². The van der Waals surface area contributed by atoms with Gasteiger partial charge >= 0.3 is 12.1 Å². The van der Waals surface area contributed by atoms with Crippen molar-refractivity contribution in [3.05, 3.63) is 81.6 Å². The second-order valence-electron chi connectivity index (χ2n) is 8.31. The lowest BCUT2D eigenvalue weighted by molar-refractivity contribution is -0.153. The molecule has 1 aromatic heterocycles. The maximum atomic E-state index is 13.4. The molecule has 6 rings (SSSR count). The van der Waals surface area contributed by atoms with Crippen LogP contribution in [-0.2, 0) is 26.3 Å². The average molecular weight is 542 g/mol. The lowest BCUT2D eigenvalue weighted by Gasteiger charge is -2.51. The number of ether oxygens (including phenoxy) is 2. The van der Waals surface area contributed by atoms with Gasteiger partial charge < -0.3 is 14.5 Å². The van der Waals surface area contributed by atoms with Crippen molar-refractivity contribution >= 4 is 45.6 Å². The summed E-state index contributed by atoms with van der Waals surface area (Å²) in [5, 5.41) is 1.05. The summed E-state index contributed by atoms with van der Waals surface area (Å²) < 4.78 is 11.9. The molecule has 1 saturated heterocycles. The molecule has 2 aromatic carbocycles. The van der Waals surface area contributed by atoms with Crippen molar-refractivity contribution in [2.45, 2.75) is 24.5 Å². The first kappa shape index (κ1) is 21.1. The summed E-state index contributed by atoms with van der Waals surface area (Å²) in [4.78, 5) is 31.7. The smallest absolute Gasteiger partial charge is 0.410 e. The Morgan fingerprint density at radius 3 is 2.59 bits per heavy atom. The molecule has 2 aliphatic heterocycles. The number of aromatic nitrogens is 1. The number of aromatic amines is 1. The number of fused-ring (bicyclic) bond motifs is 3. The van der Waals surface area contributed by atoms with Crippen LogP contribution in [0.1, 0.15) is 17.7 Å². The zero-order chi connectivity index (χ0) is 22.3. The number of para-hydroxylation sites is 1. The van der Waals surface area contributed by atoms with E-state index < -0.39 is 17.6 Å².